The molecule has 0 aromatic rings. The average Bonchev–Trinajstić information content (AvgIpc) is 2.17. The number of unbranched alkanes of at least 4 members (excludes halogenated alkanes) is 3. The van der Waals surface area contributed by atoms with Crippen LogP contribution in [0.15, 0.2) is 0 Å². The SMILES string of the molecule is CC1CCCCC1.CCCCCC. The number of hydrogen-bond donors (Lipinski definition) is 0. The highest BCUT2D eigenvalue weighted by molar-refractivity contribution is 4.59. The molecule has 0 nitrogen and oxygen atoms in total. The molecule has 1 rings (SSSR count). The molecular formula is C13H28. The van der Waals surface area contributed by atoms with Crippen molar-refractivity contribution in [2.24, 2.45) is 5.92 Å². The van der Waals surface area contributed by atoms with Crippen molar-refractivity contribution in [2.45, 2.75) is 78.6 Å². The van der Waals surface area contributed by atoms with Crippen molar-refractivity contribution in [3.05, 3.63) is 0 Å². The Bertz CT molecular complexity index is 76.0. The number of rotatable bonds is 3. The van der Waals surface area contributed by atoms with Gasteiger partial charge in [-0.05, 0) is 5.92 Å². The third kappa shape index (κ3) is 9.92. The summed E-state index contributed by atoms with van der Waals surface area (Å²) in [6.45, 7) is 6.82. The van der Waals surface area contributed by atoms with Crippen LogP contribution in [0.2, 0.25) is 0 Å². The second kappa shape index (κ2) is 10.1. The van der Waals surface area contributed by atoms with Gasteiger partial charge < -0.3 is 0 Å². The van der Waals surface area contributed by atoms with Gasteiger partial charge in [0.25, 0.3) is 0 Å². The minimum absolute atomic E-state index is 1.04. The molecule has 0 spiro atoms. The number of hydrogen-bond acceptors (Lipinski definition) is 0. The fraction of sp³-hybridized carbons (Fsp3) is 1.00. The summed E-state index contributed by atoms with van der Waals surface area (Å²) in [6, 6.07) is 0. The lowest BCUT2D eigenvalue weighted by molar-refractivity contribution is 0.385. The molecule has 0 heterocycles. The first-order chi connectivity index (χ1) is 6.31. The Morgan fingerprint density at radius 1 is 0.846 bits per heavy atom. The molecule has 0 aromatic carbocycles. The Morgan fingerprint density at radius 2 is 1.31 bits per heavy atom. The molecule has 0 atom stereocenters. The van der Waals surface area contributed by atoms with E-state index in [1.807, 2.05) is 0 Å². The highest BCUT2D eigenvalue weighted by Gasteiger charge is 2.05. The van der Waals surface area contributed by atoms with E-state index in [0.29, 0.717) is 0 Å². The van der Waals surface area contributed by atoms with Crippen molar-refractivity contribution in [1.29, 1.82) is 0 Å². The first-order valence-corrected chi connectivity index (χ1v) is 6.31. The molecule has 13 heavy (non-hydrogen) atoms. The molecule has 0 bridgehead atoms. The molecule has 80 valence electrons. The normalized spacial score (nSPS) is 17.8. The summed E-state index contributed by atoms with van der Waals surface area (Å²) in [5.41, 5.74) is 0. The molecule has 0 N–H and O–H groups in total. The standard InChI is InChI=1S/C7H14.C6H14/c1-7-5-3-2-4-6-7;1-3-5-6-4-2/h7H,2-6H2,1H3;3-6H2,1-2H3. The monoisotopic (exact) mass is 184 g/mol. The van der Waals surface area contributed by atoms with Crippen LogP contribution in [-0.2, 0) is 0 Å². The van der Waals surface area contributed by atoms with Gasteiger partial charge in [-0.15, -0.1) is 0 Å². The van der Waals surface area contributed by atoms with E-state index in [2.05, 4.69) is 20.8 Å². The van der Waals surface area contributed by atoms with Crippen molar-refractivity contribution in [3.63, 3.8) is 0 Å². The van der Waals surface area contributed by atoms with Crippen molar-refractivity contribution in [1.82, 2.24) is 0 Å². The molecule has 0 amide bonds. The van der Waals surface area contributed by atoms with Crippen molar-refractivity contribution in [3.8, 4) is 0 Å². The summed E-state index contributed by atoms with van der Waals surface area (Å²) in [7, 11) is 0. The molecule has 0 aliphatic heterocycles. The molecule has 0 saturated heterocycles. The van der Waals surface area contributed by atoms with E-state index in [9.17, 15) is 0 Å². The van der Waals surface area contributed by atoms with E-state index in [1.54, 1.807) is 0 Å². The Kier molecular flexibility index (Phi) is 10.1. The summed E-state index contributed by atoms with van der Waals surface area (Å²) in [5.74, 6) is 1.04. The Balaban J connectivity index is 0.000000226. The van der Waals surface area contributed by atoms with Gasteiger partial charge in [0.1, 0.15) is 0 Å². The summed E-state index contributed by atoms with van der Waals surface area (Å²) >= 11 is 0. The smallest absolute Gasteiger partial charge is 0.0443 e. The molecule has 0 aromatic heterocycles. The maximum Gasteiger partial charge on any atom is -0.0443 e. The van der Waals surface area contributed by atoms with E-state index in [4.69, 9.17) is 0 Å². The lowest BCUT2D eigenvalue weighted by Gasteiger charge is -2.15. The maximum absolute atomic E-state index is 2.36. The molecule has 1 aliphatic carbocycles. The minimum atomic E-state index is 1.04. The minimum Gasteiger partial charge on any atom is -0.0654 e. The van der Waals surface area contributed by atoms with Crippen LogP contribution < -0.4 is 0 Å². The van der Waals surface area contributed by atoms with Gasteiger partial charge in [-0.3, -0.25) is 0 Å². The van der Waals surface area contributed by atoms with Gasteiger partial charge in [0, 0.05) is 0 Å². The van der Waals surface area contributed by atoms with Gasteiger partial charge in [0.2, 0.25) is 0 Å². The lowest BCUT2D eigenvalue weighted by Crippen LogP contribution is -1.99. The van der Waals surface area contributed by atoms with E-state index in [1.165, 1.54) is 57.8 Å². The Hall–Kier alpha value is 0. The fourth-order valence-corrected chi connectivity index (χ4v) is 1.81. The molecule has 1 saturated carbocycles. The van der Waals surface area contributed by atoms with Crippen LogP contribution in [0.25, 0.3) is 0 Å². The summed E-state index contributed by atoms with van der Waals surface area (Å²) in [5, 5.41) is 0. The highest BCUT2D eigenvalue weighted by atomic mass is 14.1. The van der Waals surface area contributed by atoms with Gasteiger partial charge in [0.05, 0.1) is 0 Å². The second-order valence-electron chi connectivity index (χ2n) is 4.45. The topological polar surface area (TPSA) is 0 Å². The highest BCUT2D eigenvalue weighted by Crippen LogP contribution is 2.22. The summed E-state index contributed by atoms with van der Waals surface area (Å²) in [4.78, 5) is 0. The van der Waals surface area contributed by atoms with Gasteiger partial charge >= 0.3 is 0 Å². The molecule has 1 fully saturated rings. The summed E-state index contributed by atoms with van der Waals surface area (Å²) in [6.07, 6.45) is 13.0. The van der Waals surface area contributed by atoms with Gasteiger partial charge in [-0.1, -0.05) is 78.6 Å². The zero-order valence-corrected chi connectivity index (χ0v) is 9.94. The maximum atomic E-state index is 2.36. The van der Waals surface area contributed by atoms with Crippen LogP contribution in [0.4, 0.5) is 0 Å². The van der Waals surface area contributed by atoms with Crippen LogP contribution in [0.5, 0.6) is 0 Å². The van der Waals surface area contributed by atoms with Gasteiger partial charge in [-0.25, -0.2) is 0 Å². The van der Waals surface area contributed by atoms with Crippen LogP contribution in [-0.4, -0.2) is 0 Å². The predicted molar refractivity (Wildman–Crippen MR) is 62.1 cm³/mol. The van der Waals surface area contributed by atoms with Crippen LogP contribution in [0.1, 0.15) is 78.6 Å². The van der Waals surface area contributed by atoms with E-state index in [-0.39, 0.29) is 0 Å². The quantitative estimate of drug-likeness (QED) is 0.531. The van der Waals surface area contributed by atoms with Crippen molar-refractivity contribution < 1.29 is 0 Å². The third-order valence-electron chi connectivity index (χ3n) is 2.85. The van der Waals surface area contributed by atoms with E-state index in [0.717, 1.165) is 5.92 Å². The third-order valence-corrected chi connectivity index (χ3v) is 2.85. The van der Waals surface area contributed by atoms with E-state index < -0.39 is 0 Å². The average molecular weight is 184 g/mol. The zero-order chi connectivity index (χ0) is 9.94. The molecule has 0 unspecified atom stereocenters. The van der Waals surface area contributed by atoms with Crippen molar-refractivity contribution >= 4 is 0 Å². The predicted octanol–water partition coefficient (Wildman–Crippen LogP) is 5.17. The Morgan fingerprint density at radius 3 is 1.54 bits per heavy atom. The van der Waals surface area contributed by atoms with Crippen LogP contribution in [0.3, 0.4) is 0 Å². The van der Waals surface area contributed by atoms with Crippen molar-refractivity contribution in [2.75, 3.05) is 0 Å². The zero-order valence-electron chi connectivity index (χ0n) is 9.94. The van der Waals surface area contributed by atoms with Crippen LogP contribution in [0, 0.1) is 5.92 Å². The fourth-order valence-electron chi connectivity index (χ4n) is 1.81. The second-order valence-corrected chi connectivity index (χ2v) is 4.45. The molecule has 0 radical (unpaired) electrons. The first-order valence-electron chi connectivity index (χ1n) is 6.31. The first kappa shape index (κ1) is 13.0. The molecule has 0 heteroatoms. The summed E-state index contributed by atoms with van der Waals surface area (Å²) < 4.78 is 0. The van der Waals surface area contributed by atoms with Gasteiger partial charge in [-0.2, -0.15) is 0 Å². The van der Waals surface area contributed by atoms with Crippen LogP contribution >= 0.6 is 0 Å². The van der Waals surface area contributed by atoms with Gasteiger partial charge in [0.15, 0.2) is 0 Å². The van der Waals surface area contributed by atoms with E-state index >= 15 is 0 Å². The molecular weight excluding hydrogens is 156 g/mol. The largest absolute Gasteiger partial charge is 0.0654 e. The lowest BCUT2D eigenvalue weighted by atomic mass is 9.91. The molecule has 1 aliphatic rings. The Labute approximate surface area is 85.1 Å².